The minimum absolute atomic E-state index is 0.00312. The van der Waals surface area contributed by atoms with Gasteiger partial charge in [-0.2, -0.15) is 5.10 Å². The van der Waals surface area contributed by atoms with Crippen LogP contribution in [0.4, 0.5) is 16.2 Å². The third-order valence-electron chi connectivity index (χ3n) is 6.16. The molecule has 1 atom stereocenters. The summed E-state index contributed by atoms with van der Waals surface area (Å²) in [4.78, 5) is 54.7. The molecule has 1 spiro atoms. The number of anilines is 2. The van der Waals surface area contributed by atoms with Gasteiger partial charge in [0.15, 0.2) is 0 Å². The van der Waals surface area contributed by atoms with Crippen LogP contribution in [0.15, 0.2) is 36.9 Å². The standard InChI is InChI=1S/C22H27N7O4/c1-15(29-14-23-13-24-29)19(31)26-17-7-5-16(6-8-17)25-18(30)9-12-28-20(32)22(27-21(28)33)10-3-2-4-11-22/h5-8,13-15H,2-4,9-12H2,1H3,(H,25,30)(H,26,31)(H,27,33). The fourth-order valence-corrected chi connectivity index (χ4v) is 4.23. The molecule has 1 aliphatic heterocycles. The van der Waals surface area contributed by atoms with Crippen molar-refractivity contribution in [2.24, 2.45) is 0 Å². The van der Waals surface area contributed by atoms with Gasteiger partial charge >= 0.3 is 6.03 Å². The molecule has 1 unspecified atom stereocenters. The molecule has 1 aromatic heterocycles. The summed E-state index contributed by atoms with van der Waals surface area (Å²) in [5.41, 5.74) is 0.336. The number of hydrogen-bond donors (Lipinski definition) is 3. The summed E-state index contributed by atoms with van der Waals surface area (Å²) >= 11 is 0. The second-order valence-corrected chi connectivity index (χ2v) is 8.45. The molecule has 11 heteroatoms. The number of imide groups is 1. The van der Waals surface area contributed by atoms with Gasteiger partial charge in [0.2, 0.25) is 11.8 Å². The number of benzene rings is 1. The maximum atomic E-state index is 12.8. The molecule has 5 amide bonds. The van der Waals surface area contributed by atoms with Crippen LogP contribution in [0.5, 0.6) is 0 Å². The summed E-state index contributed by atoms with van der Waals surface area (Å²) in [7, 11) is 0. The van der Waals surface area contributed by atoms with E-state index in [1.54, 1.807) is 31.2 Å². The number of nitrogens with zero attached hydrogens (tertiary/aromatic N) is 4. The molecule has 33 heavy (non-hydrogen) atoms. The molecule has 2 heterocycles. The smallest absolute Gasteiger partial charge is 0.325 e. The number of urea groups is 1. The van der Waals surface area contributed by atoms with E-state index in [0.717, 1.165) is 24.2 Å². The van der Waals surface area contributed by atoms with Crippen molar-refractivity contribution in [2.75, 3.05) is 17.2 Å². The van der Waals surface area contributed by atoms with Crippen LogP contribution >= 0.6 is 0 Å². The fourth-order valence-electron chi connectivity index (χ4n) is 4.23. The Bertz CT molecular complexity index is 1030. The third kappa shape index (κ3) is 4.86. The van der Waals surface area contributed by atoms with E-state index in [1.807, 2.05) is 0 Å². The van der Waals surface area contributed by atoms with Crippen molar-refractivity contribution in [3.05, 3.63) is 36.9 Å². The van der Waals surface area contributed by atoms with Gasteiger partial charge in [-0.1, -0.05) is 19.3 Å². The quantitative estimate of drug-likeness (QED) is 0.549. The van der Waals surface area contributed by atoms with Gasteiger partial charge < -0.3 is 16.0 Å². The highest BCUT2D eigenvalue weighted by Gasteiger charge is 2.51. The SMILES string of the molecule is CC(C(=O)Nc1ccc(NC(=O)CCN2C(=O)NC3(CCCCC3)C2=O)cc1)n1cncn1. The molecule has 2 aliphatic rings. The topological polar surface area (TPSA) is 138 Å². The highest BCUT2D eigenvalue weighted by atomic mass is 16.2. The zero-order valence-corrected chi connectivity index (χ0v) is 18.4. The Hall–Kier alpha value is -3.76. The first kappa shape index (κ1) is 22.4. The number of carbonyl (C=O) groups excluding carboxylic acids is 4. The summed E-state index contributed by atoms with van der Waals surface area (Å²) in [5.74, 6) is -0.779. The average molecular weight is 454 g/mol. The fraction of sp³-hybridized carbons (Fsp3) is 0.455. The Labute approximate surface area is 190 Å². The molecule has 2 aromatic rings. The van der Waals surface area contributed by atoms with E-state index in [4.69, 9.17) is 0 Å². The lowest BCUT2D eigenvalue weighted by molar-refractivity contribution is -0.132. The lowest BCUT2D eigenvalue weighted by Gasteiger charge is -2.30. The minimum Gasteiger partial charge on any atom is -0.326 e. The van der Waals surface area contributed by atoms with E-state index in [2.05, 4.69) is 26.0 Å². The summed E-state index contributed by atoms with van der Waals surface area (Å²) in [6, 6.07) is 5.73. The van der Waals surface area contributed by atoms with Gasteiger partial charge in [-0.05, 0) is 44.0 Å². The molecular formula is C22H27N7O4. The predicted octanol–water partition coefficient (Wildman–Crippen LogP) is 2.06. The molecule has 174 valence electrons. The van der Waals surface area contributed by atoms with Crippen LogP contribution in [0.25, 0.3) is 0 Å². The maximum Gasteiger partial charge on any atom is 0.325 e. The van der Waals surface area contributed by atoms with Crippen molar-refractivity contribution < 1.29 is 19.2 Å². The van der Waals surface area contributed by atoms with Crippen LogP contribution in [0.1, 0.15) is 51.5 Å². The molecule has 2 fully saturated rings. The average Bonchev–Trinajstić information content (AvgIpc) is 3.42. The van der Waals surface area contributed by atoms with Crippen molar-refractivity contribution in [1.29, 1.82) is 0 Å². The van der Waals surface area contributed by atoms with Gasteiger partial charge in [-0.3, -0.25) is 19.3 Å². The van der Waals surface area contributed by atoms with Crippen LogP contribution < -0.4 is 16.0 Å². The molecule has 0 radical (unpaired) electrons. The largest absolute Gasteiger partial charge is 0.326 e. The van der Waals surface area contributed by atoms with E-state index in [-0.39, 0.29) is 30.7 Å². The molecule has 3 N–H and O–H groups in total. The molecule has 11 nitrogen and oxygen atoms in total. The molecule has 1 saturated heterocycles. The highest BCUT2D eigenvalue weighted by Crippen LogP contribution is 2.33. The number of hydrogen-bond acceptors (Lipinski definition) is 6. The summed E-state index contributed by atoms with van der Waals surface area (Å²) in [6.45, 7) is 1.74. The normalized spacial score (nSPS) is 18.2. The van der Waals surface area contributed by atoms with Crippen molar-refractivity contribution in [3.8, 4) is 0 Å². The lowest BCUT2D eigenvalue weighted by atomic mass is 9.82. The highest BCUT2D eigenvalue weighted by molar-refractivity contribution is 6.07. The van der Waals surface area contributed by atoms with Crippen molar-refractivity contribution in [3.63, 3.8) is 0 Å². The first-order valence-electron chi connectivity index (χ1n) is 11.1. The Balaban J connectivity index is 1.26. The molecule has 0 bridgehead atoms. The summed E-state index contributed by atoms with van der Waals surface area (Å²) in [5, 5.41) is 12.3. The van der Waals surface area contributed by atoms with Gasteiger partial charge in [-0.25, -0.2) is 14.5 Å². The zero-order valence-electron chi connectivity index (χ0n) is 18.4. The molecule has 1 aliphatic carbocycles. The number of aromatic nitrogens is 3. The van der Waals surface area contributed by atoms with E-state index in [9.17, 15) is 19.2 Å². The minimum atomic E-state index is -0.780. The predicted molar refractivity (Wildman–Crippen MR) is 119 cm³/mol. The van der Waals surface area contributed by atoms with Crippen LogP contribution in [0, 0.1) is 0 Å². The first-order valence-corrected chi connectivity index (χ1v) is 11.1. The molecular weight excluding hydrogens is 426 g/mol. The second kappa shape index (κ2) is 9.39. The van der Waals surface area contributed by atoms with Crippen LogP contribution in [-0.2, 0) is 14.4 Å². The van der Waals surface area contributed by atoms with Gasteiger partial charge in [0.25, 0.3) is 5.91 Å². The van der Waals surface area contributed by atoms with Crippen LogP contribution in [-0.4, -0.2) is 55.5 Å². The van der Waals surface area contributed by atoms with Gasteiger partial charge in [0.1, 0.15) is 24.2 Å². The maximum absolute atomic E-state index is 12.8. The van der Waals surface area contributed by atoms with Crippen molar-refractivity contribution >= 4 is 35.1 Å². The van der Waals surface area contributed by atoms with E-state index in [1.165, 1.54) is 17.3 Å². The Morgan fingerprint density at radius 1 is 1.09 bits per heavy atom. The van der Waals surface area contributed by atoms with E-state index < -0.39 is 17.6 Å². The molecule has 1 aromatic carbocycles. The van der Waals surface area contributed by atoms with Crippen molar-refractivity contribution in [1.82, 2.24) is 25.0 Å². The number of rotatable bonds is 7. The van der Waals surface area contributed by atoms with Gasteiger partial charge in [-0.15, -0.1) is 0 Å². The third-order valence-corrected chi connectivity index (χ3v) is 6.16. The van der Waals surface area contributed by atoms with Gasteiger partial charge in [0, 0.05) is 24.3 Å². The second-order valence-electron chi connectivity index (χ2n) is 8.45. The Kier molecular flexibility index (Phi) is 6.38. The number of nitrogens with one attached hydrogen (secondary N) is 3. The Morgan fingerprint density at radius 3 is 2.39 bits per heavy atom. The van der Waals surface area contributed by atoms with E-state index in [0.29, 0.717) is 24.2 Å². The summed E-state index contributed by atoms with van der Waals surface area (Å²) < 4.78 is 1.45. The Morgan fingerprint density at radius 2 is 1.76 bits per heavy atom. The van der Waals surface area contributed by atoms with Crippen molar-refractivity contribution in [2.45, 2.75) is 57.0 Å². The zero-order chi connectivity index (χ0) is 23.4. The molecule has 1 saturated carbocycles. The van der Waals surface area contributed by atoms with Gasteiger partial charge in [0.05, 0.1) is 0 Å². The monoisotopic (exact) mass is 453 g/mol. The number of amides is 5. The van der Waals surface area contributed by atoms with E-state index >= 15 is 0 Å². The van der Waals surface area contributed by atoms with Crippen LogP contribution in [0.3, 0.4) is 0 Å². The molecule has 4 rings (SSSR count). The van der Waals surface area contributed by atoms with Crippen LogP contribution in [0.2, 0.25) is 0 Å². The lowest BCUT2D eigenvalue weighted by Crippen LogP contribution is -2.48. The summed E-state index contributed by atoms with van der Waals surface area (Å²) in [6.07, 6.45) is 7.03. The number of carbonyl (C=O) groups is 4. The first-order chi connectivity index (χ1) is 15.9.